The Balaban J connectivity index is 2.48. The lowest BCUT2D eigenvalue weighted by Gasteiger charge is -2.41. The molecule has 0 aromatic carbocycles. The van der Waals surface area contributed by atoms with Crippen LogP contribution >= 0.6 is 0 Å². The first-order chi connectivity index (χ1) is 24.6. The SMILES string of the molecule is CCCCCCCCCCCCCCCC(=O)OC(COCCCCCCCCCCCCC)COC1OC(CO)C(O)C(OS(=O)(=O)O)C1O. The van der Waals surface area contributed by atoms with Crippen LogP contribution in [0.4, 0.5) is 0 Å². The van der Waals surface area contributed by atoms with Gasteiger partial charge in [-0.3, -0.25) is 9.35 Å². The van der Waals surface area contributed by atoms with Gasteiger partial charge in [-0.1, -0.05) is 155 Å². The van der Waals surface area contributed by atoms with Gasteiger partial charge in [-0.25, -0.2) is 4.18 Å². The average molecular weight is 755 g/mol. The molecule has 0 aromatic rings. The number of hydrogen-bond acceptors (Lipinski definition) is 11. The maximum absolute atomic E-state index is 12.8. The van der Waals surface area contributed by atoms with Crippen LogP contribution in [-0.2, 0) is 38.3 Å². The summed E-state index contributed by atoms with van der Waals surface area (Å²) in [6.07, 6.45) is 20.0. The quantitative estimate of drug-likeness (QED) is 0.0288. The zero-order valence-corrected chi connectivity index (χ0v) is 32.7. The van der Waals surface area contributed by atoms with E-state index in [-0.39, 0.29) is 19.6 Å². The number of aliphatic hydroxyl groups excluding tert-OH is 3. The monoisotopic (exact) mass is 754 g/mol. The smallest absolute Gasteiger partial charge is 0.397 e. The van der Waals surface area contributed by atoms with E-state index in [1.54, 1.807) is 0 Å². The third kappa shape index (κ3) is 25.7. The number of unbranched alkanes of at least 4 members (excludes halogenated alkanes) is 22. The molecule has 1 saturated heterocycles. The standard InChI is InChI=1S/C38H74O12S/c1-3-5-7-9-11-13-15-16-17-19-21-23-25-27-34(40)48-32(30-46-28-26-24-22-20-18-14-12-10-8-6-4-2)31-47-38-36(42)37(50-51(43,44)45)35(41)33(29-39)49-38/h32-33,35-39,41-42H,3-31H2,1-2H3,(H,43,44,45). The van der Waals surface area contributed by atoms with Gasteiger partial charge < -0.3 is 34.3 Å². The first-order valence-electron chi connectivity index (χ1n) is 20.3. The summed E-state index contributed by atoms with van der Waals surface area (Å²) < 4.78 is 58.8. The number of esters is 1. The Morgan fingerprint density at radius 1 is 0.667 bits per heavy atom. The summed E-state index contributed by atoms with van der Waals surface area (Å²) >= 11 is 0. The normalized spacial score (nSPS) is 21.6. The second kappa shape index (κ2) is 31.5. The average Bonchev–Trinajstić information content (AvgIpc) is 3.09. The van der Waals surface area contributed by atoms with Gasteiger partial charge in [0.2, 0.25) is 0 Å². The van der Waals surface area contributed by atoms with Gasteiger partial charge in [-0.2, -0.15) is 8.42 Å². The van der Waals surface area contributed by atoms with E-state index >= 15 is 0 Å². The Kier molecular flexibility index (Phi) is 29.7. The number of carbonyl (C=O) groups is 1. The minimum Gasteiger partial charge on any atom is -0.457 e. The molecular weight excluding hydrogens is 680 g/mol. The highest BCUT2D eigenvalue weighted by Crippen LogP contribution is 2.26. The first-order valence-corrected chi connectivity index (χ1v) is 21.7. The summed E-state index contributed by atoms with van der Waals surface area (Å²) in [6, 6.07) is 0. The number of ether oxygens (including phenoxy) is 4. The fraction of sp³-hybridized carbons (Fsp3) is 0.974. The molecule has 6 unspecified atom stereocenters. The molecule has 1 aliphatic rings. The molecule has 1 rings (SSSR count). The van der Waals surface area contributed by atoms with Gasteiger partial charge in [-0.15, -0.1) is 0 Å². The van der Waals surface area contributed by atoms with E-state index in [1.807, 2.05) is 0 Å². The molecule has 304 valence electrons. The van der Waals surface area contributed by atoms with Crippen molar-refractivity contribution in [2.75, 3.05) is 26.4 Å². The second-order valence-corrected chi connectivity index (χ2v) is 15.3. The second-order valence-electron chi connectivity index (χ2n) is 14.2. The Morgan fingerprint density at radius 2 is 1.12 bits per heavy atom. The number of carbonyl (C=O) groups excluding carboxylic acids is 1. The molecule has 1 aliphatic heterocycles. The highest BCUT2D eigenvalue weighted by atomic mass is 32.3. The van der Waals surface area contributed by atoms with Crippen LogP contribution < -0.4 is 0 Å². The largest absolute Gasteiger partial charge is 0.457 e. The molecule has 1 heterocycles. The van der Waals surface area contributed by atoms with Crippen molar-refractivity contribution in [2.24, 2.45) is 0 Å². The van der Waals surface area contributed by atoms with Crippen LogP contribution in [0.3, 0.4) is 0 Å². The summed E-state index contributed by atoms with van der Waals surface area (Å²) in [5.41, 5.74) is 0. The van der Waals surface area contributed by atoms with Crippen molar-refractivity contribution < 1.29 is 56.2 Å². The maximum atomic E-state index is 12.8. The van der Waals surface area contributed by atoms with Crippen molar-refractivity contribution in [2.45, 2.75) is 211 Å². The van der Waals surface area contributed by atoms with Crippen LogP contribution in [0.1, 0.15) is 174 Å². The summed E-state index contributed by atoms with van der Waals surface area (Å²) in [4.78, 5) is 12.8. The lowest BCUT2D eigenvalue weighted by molar-refractivity contribution is -0.301. The minimum atomic E-state index is -5.05. The van der Waals surface area contributed by atoms with Crippen LogP contribution in [-0.4, -0.2) is 97.5 Å². The fourth-order valence-electron chi connectivity index (χ4n) is 6.38. The molecule has 51 heavy (non-hydrogen) atoms. The van der Waals surface area contributed by atoms with Crippen molar-refractivity contribution in [3.63, 3.8) is 0 Å². The van der Waals surface area contributed by atoms with E-state index in [0.29, 0.717) is 13.0 Å². The minimum absolute atomic E-state index is 0.0436. The van der Waals surface area contributed by atoms with Crippen LogP contribution in [0, 0.1) is 0 Å². The topological polar surface area (TPSA) is 178 Å². The van der Waals surface area contributed by atoms with Crippen molar-refractivity contribution in [1.82, 2.24) is 0 Å². The third-order valence-electron chi connectivity index (χ3n) is 9.48. The number of aliphatic hydroxyl groups is 3. The molecule has 0 radical (unpaired) electrons. The Morgan fingerprint density at radius 3 is 1.57 bits per heavy atom. The van der Waals surface area contributed by atoms with E-state index in [2.05, 4.69) is 18.0 Å². The van der Waals surface area contributed by atoms with E-state index in [0.717, 1.165) is 38.5 Å². The Bertz CT molecular complexity index is 921. The maximum Gasteiger partial charge on any atom is 0.397 e. The van der Waals surface area contributed by atoms with Crippen LogP contribution in [0.15, 0.2) is 0 Å². The zero-order valence-electron chi connectivity index (χ0n) is 31.9. The molecule has 0 aromatic heterocycles. The van der Waals surface area contributed by atoms with Crippen molar-refractivity contribution in [3.8, 4) is 0 Å². The zero-order chi connectivity index (χ0) is 37.6. The molecule has 0 saturated carbocycles. The van der Waals surface area contributed by atoms with Crippen LogP contribution in [0.5, 0.6) is 0 Å². The summed E-state index contributed by atoms with van der Waals surface area (Å²) in [5.74, 6) is -0.397. The molecule has 0 aliphatic carbocycles. The molecule has 13 heteroatoms. The third-order valence-corrected chi connectivity index (χ3v) is 9.94. The van der Waals surface area contributed by atoms with E-state index < -0.39 is 59.8 Å². The molecular formula is C38H74O12S. The van der Waals surface area contributed by atoms with Gasteiger partial charge in [-0.05, 0) is 12.8 Å². The molecule has 6 atom stereocenters. The van der Waals surface area contributed by atoms with Crippen LogP contribution in [0.25, 0.3) is 0 Å². The first kappa shape index (κ1) is 48.1. The molecule has 12 nitrogen and oxygen atoms in total. The highest BCUT2D eigenvalue weighted by Gasteiger charge is 2.48. The molecule has 4 N–H and O–H groups in total. The van der Waals surface area contributed by atoms with E-state index in [9.17, 15) is 28.5 Å². The predicted octanol–water partition coefficient (Wildman–Crippen LogP) is 7.35. The van der Waals surface area contributed by atoms with Gasteiger partial charge in [0.15, 0.2) is 6.29 Å². The van der Waals surface area contributed by atoms with Gasteiger partial charge in [0.1, 0.15) is 30.5 Å². The van der Waals surface area contributed by atoms with Crippen molar-refractivity contribution >= 4 is 16.4 Å². The fourth-order valence-corrected chi connectivity index (χ4v) is 6.89. The Labute approximate surface area is 309 Å². The molecule has 0 amide bonds. The van der Waals surface area contributed by atoms with E-state index in [1.165, 1.54) is 109 Å². The number of rotatable bonds is 35. The van der Waals surface area contributed by atoms with E-state index in [4.69, 9.17) is 23.5 Å². The van der Waals surface area contributed by atoms with Crippen molar-refractivity contribution in [3.05, 3.63) is 0 Å². The lowest BCUT2D eigenvalue weighted by Crippen LogP contribution is -2.60. The van der Waals surface area contributed by atoms with Gasteiger partial charge in [0.25, 0.3) is 0 Å². The Hall–Kier alpha value is -0.900. The summed E-state index contributed by atoms with van der Waals surface area (Å²) in [6.45, 7) is 3.99. The molecule has 1 fully saturated rings. The summed E-state index contributed by atoms with van der Waals surface area (Å²) in [7, 11) is -5.05. The lowest BCUT2D eigenvalue weighted by atomic mass is 9.99. The highest BCUT2D eigenvalue weighted by molar-refractivity contribution is 7.80. The molecule has 0 bridgehead atoms. The van der Waals surface area contributed by atoms with Crippen LogP contribution in [0.2, 0.25) is 0 Å². The number of hydrogen-bond donors (Lipinski definition) is 4. The van der Waals surface area contributed by atoms with Crippen molar-refractivity contribution in [1.29, 1.82) is 0 Å². The molecule has 0 spiro atoms. The van der Waals surface area contributed by atoms with Gasteiger partial charge >= 0.3 is 16.4 Å². The van der Waals surface area contributed by atoms with Gasteiger partial charge in [0.05, 0.1) is 19.8 Å². The predicted molar refractivity (Wildman–Crippen MR) is 198 cm³/mol. The summed E-state index contributed by atoms with van der Waals surface area (Å²) in [5, 5.41) is 30.5. The van der Waals surface area contributed by atoms with Gasteiger partial charge in [0, 0.05) is 13.0 Å².